The topological polar surface area (TPSA) is 53.2 Å². The maximum absolute atomic E-state index is 11.6. The molecule has 0 aliphatic heterocycles. The fourth-order valence-corrected chi connectivity index (χ4v) is 2.60. The van der Waals surface area contributed by atoms with Gasteiger partial charge in [0.1, 0.15) is 0 Å². The number of nitrogens with one attached hydrogen (secondary N) is 3. The Balaban J connectivity index is 1.74. The van der Waals surface area contributed by atoms with E-state index in [1.165, 1.54) is 25.7 Å². The fourth-order valence-electron chi connectivity index (χ4n) is 2.60. The number of hydrogen-bond donors (Lipinski definition) is 3. The lowest BCUT2D eigenvalue weighted by atomic mass is 9.97. The Labute approximate surface area is 133 Å². The van der Waals surface area contributed by atoms with E-state index < -0.39 is 0 Å². The molecule has 2 amide bonds. The molecule has 1 aliphatic rings. The fraction of sp³-hybridized carbons (Fsp3) is 0.500. The van der Waals surface area contributed by atoms with Crippen LogP contribution in [0.3, 0.4) is 0 Å². The summed E-state index contributed by atoms with van der Waals surface area (Å²) in [7, 11) is 0. The molecule has 0 bridgehead atoms. The first-order valence-electron chi connectivity index (χ1n) is 8.23. The van der Waals surface area contributed by atoms with Crippen molar-refractivity contribution in [3.63, 3.8) is 0 Å². The van der Waals surface area contributed by atoms with Gasteiger partial charge in [0.2, 0.25) is 0 Å². The van der Waals surface area contributed by atoms with E-state index in [-0.39, 0.29) is 12.1 Å². The summed E-state index contributed by atoms with van der Waals surface area (Å²) in [6, 6.07) is 7.81. The summed E-state index contributed by atoms with van der Waals surface area (Å²) in [4.78, 5) is 11.6. The van der Waals surface area contributed by atoms with Gasteiger partial charge in [0.25, 0.3) is 0 Å². The van der Waals surface area contributed by atoms with Gasteiger partial charge in [-0.1, -0.05) is 11.6 Å². The molecule has 0 radical (unpaired) electrons. The van der Waals surface area contributed by atoms with Crippen LogP contribution in [-0.4, -0.2) is 18.6 Å². The van der Waals surface area contributed by atoms with Gasteiger partial charge >= 0.3 is 6.03 Å². The number of hydrogen-bond acceptors (Lipinski definition) is 2. The SMILES string of the molecule is CC(C)NC(=O)Nc1ccc(NCCC2=CCCCC2)cc1. The zero-order valence-corrected chi connectivity index (χ0v) is 13.6. The molecule has 0 fully saturated rings. The van der Waals surface area contributed by atoms with E-state index in [2.05, 4.69) is 22.0 Å². The lowest BCUT2D eigenvalue weighted by molar-refractivity contribution is 0.250. The summed E-state index contributed by atoms with van der Waals surface area (Å²) in [5.74, 6) is 0. The van der Waals surface area contributed by atoms with Gasteiger partial charge < -0.3 is 16.0 Å². The number of carbonyl (C=O) groups excluding carboxylic acids is 1. The van der Waals surface area contributed by atoms with Gasteiger partial charge in [-0.05, 0) is 70.2 Å². The molecular weight excluding hydrogens is 274 g/mol. The highest BCUT2D eigenvalue weighted by atomic mass is 16.2. The third-order valence-electron chi connectivity index (χ3n) is 3.72. The number of anilines is 2. The quantitative estimate of drug-likeness (QED) is 0.677. The van der Waals surface area contributed by atoms with E-state index in [9.17, 15) is 4.79 Å². The molecule has 0 aromatic heterocycles. The Bertz CT molecular complexity index is 506. The Morgan fingerprint density at radius 2 is 1.86 bits per heavy atom. The molecule has 2 rings (SSSR count). The van der Waals surface area contributed by atoms with Crippen LogP contribution in [0.5, 0.6) is 0 Å². The van der Waals surface area contributed by atoms with Gasteiger partial charge in [-0.25, -0.2) is 4.79 Å². The third kappa shape index (κ3) is 5.80. The Morgan fingerprint density at radius 1 is 1.14 bits per heavy atom. The summed E-state index contributed by atoms with van der Waals surface area (Å²) in [6.07, 6.45) is 8.70. The first kappa shape index (κ1) is 16.4. The highest BCUT2D eigenvalue weighted by molar-refractivity contribution is 5.89. The maximum atomic E-state index is 11.6. The van der Waals surface area contributed by atoms with Crippen LogP contribution in [0.2, 0.25) is 0 Å². The number of carbonyl (C=O) groups is 1. The molecule has 1 aromatic rings. The molecule has 22 heavy (non-hydrogen) atoms. The van der Waals surface area contributed by atoms with Crippen LogP contribution in [0, 0.1) is 0 Å². The zero-order chi connectivity index (χ0) is 15.8. The van der Waals surface area contributed by atoms with Crippen molar-refractivity contribution in [2.75, 3.05) is 17.2 Å². The minimum atomic E-state index is -0.167. The molecular formula is C18H27N3O. The molecule has 0 saturated heterocycles. The summed E-state index contributed by atoms with van der Waals surface area (Å²) in [5, 5.41) is 9.06. The van der Waals surface area contributed by atoms with Crippen molar-refractivity contribution >= 4 is 17.4 Å². The van der Waals surface area contributed by atoms with E-state index in [0.29, 0.717) is 0 Å². The number of amides is 2. The lowest BCUT2D eigenvalue weighted by Crippen LogP contribution is -2.34. The van der Waals surface area contributed by atoms with Gasteiger partial charge in [-0.15, -0.1) is 0 Å². The molecule has 120 valence electrons. The van der Waals surface area contributed by atoms with Crippen molar-refractivity contribution < 1.29 is 4.79 Å². The van der Waals surface area contributed by atoms with Gasteiger partial charge in [-0.3, -0.25) is 0 Å². The normalized spacial score (nSPS) is 14.4. The standard InChI is InChI=1S/C18H27N3O/c1-14(2)20-18(22)21-17-10-8-16(9-11-17)19-13-12-15-6-4-3-5-7-15/h6,8-11,14,19H,3-5,7,12-13H2,1-2H3,(H2,20,21,22). The molecule has 0 unspecified atom stereocenters. The molecule has 0 spiro atoms. The third-order valence-corrected chi connectivity index (χ3v) is 3.72. The van der Waals surface area contributed by atoms with Gasteiger partial charge in [0.05, 0.1) is 0 Å². The van der Waals surface area contributed by atoms with Crippen LogP contribution in [0.1, 0.15) is 46.0 Å². The predicted molar refractivity (Wildman–Crippen MR) is 93.4 cm³/mol. The number of urea groups is 1. The molecule has 1 aliphatic carbocycles. The molecule has 4 heteroatoms. The van der Waals surface area contributed by atoms with E-state index in [4.69, 9.17) is 0 Å². The van der Waals surface area contributed by atoms with Crippen LogP contribution < -0.4 is 16.0 Å². The number of rotatable bonds is 6. The summed E-state index contributed by atoms with van der Waals surface area (Å²) in [6.45, 7) is 4.84. The summed E-state index contributed by atoms with van der Waals surface area (Å²) >= 11 is 0. The van der Waals surface area contributed by atoms with E-state index >= 15 is 0 Å². The van der Waals surface area contributed by atoms with Crippen LogP contribution in [0.15, 0.2) is 35.9 Å². The second-order valence-electron chi connectivity index (χ2n) is 6.12. The first-order chi connectivity index (χ1) is 10.6. The monoisotopic (exact) mass is 301 g/mol. The van der Waals surface area contributed by atoms with Crippen molar-refractivity contribution in [3.8, 4) is 0 Å². The Morgan fingerprint density at radius 3 is 2.50 bits per heavy atom. The van der Waals surface area contributed by atoms with Crippen LogP contribution in [0.25, 0.3) is 0 Å². The Kier molecular flexibility index (Phi) is 6.31. The predicted octanol–water partition coefficient (Wildman–Crippen LogP) is 4.52. The highest BCUT2D eigenvalue weighted by Gasteiger charge is 2.04. The van der Waals surface area contributed by atoms with Crippen LogP contribution in [-0.2, 0) is 0 Å². The zero-order valence-electron chi connectivity index (χ0n) is 13.6. The van der Waals surface area contributed by atoms with Crippen molar-refractivity contribution in [1.29, 1.82) is 0 Å². The minimum Gasteiger partial charge on any atom is -0.385 e. The number of benzene rings is 1. The molecule has 3 N–H and O–H groups in total. The maximum Gasteiger partial charge on any atom is 0.319 e. The van der Waals surface area contributed by atoms with Gasteiger partial charge in [0.15, 0.2) is 0 Å². The first-order valence-corrected chi connectivity index (χ1v) is 8.23. The van der Waals surface area contributed by atoms with Gasteiger partial charge in [0, 0.05) is 24.0 Å². The van der Waals surface area contributed by atoms with Crippen LogP contribution in [0.4, 0.5) is 16.2 Å². The molecule has 1 aromatic carbocycles. The molecule has 4 nitrogen and oxygen atoms in total. The van der Waals surface area contributed by atoms with E-state index in [0.717, 1.165) is 24.3 Å². The summed E-state index contributed by atoms with van der Waals surface area (Å²) < 4.78 is 0. The number of allylic oxidation sites excluding steroid dienone is 1. The average molecular weight is 301 g/mol. The van der Waals surface area contributed by atoms with Crippen molar-refractivity contribution in [3.05, 3.63) is 35.9 Å². The van der Waals surface area contributed by atoms with Crippen molar-refractivity contribution in [2.24, 2.45) is 0 Å². The molecule has 0 heterocycles. The smallest absolute Gasteiger partial charge is 0.319 e. The molecule has 0 atom stereocenters. The second kappa shape index (κ2) is 8.47. The van der Waals surface area contributed by atoms with E-state index in [1.807, 2.05) is 38.1 Å². The lowest BCUT2D eigenvalue weighted by Gasteiger charge is -2.14. The second-order valence-corrected chi connectivity index (χ2v) is 6.12. The van der Waals surface area contributed by atoms with Crippen molar-refractivity contribution in [1.82, 2.24) is 5.32 Å². The van der Waals surface area contributed by atoms with Crippen molar-refractivity contribution in [2.45, 2.75) is 52.0 Å². The highest BCUT2D eigenvalue weighted by Crippen LogP contribution is 2.20. The average Bonchev–Trinajstić information content (AvgIpc) is 2.49. The molecule has 0 saturated carbocycles. The summed E-state index contributed by atoms with van der Waals surface area (Å²) in [5.41, 5.74) is 3.48. The van der Waals surface area contributed by atoms with Crippen LogP contribution >= 0.6 is 0 Å². The largest absolute Gasteiger partial charge is 0.385 e. The van der Waals surface area contributed by atoms with E-state index in [1.54, 1.807) is 5.57 Å². The Hall–Kier alpha value is -1.97. The minimum absolute atomic E-state index is 0.134. The van der Waals surface area contributed by atoms with Gasteiger partial charge in [-0.2, -0.15) is 0 Å².